The van der Waals surface area contributed by atoms with Crippen LogP contribution in [-0.4, -0.2) is 45.3 Å². The molecular formula is C12H19FIN3O. The molecule has 0 spiro atoms. The van der Waals surface area contributed by atoms with Gasteiger partial charge in [-0.1, -0.05) is 0 Å². The van der Waals surface area contributed by atoms with Crippen molar-refractivity contribution in [3.8, 4) is 0 Å². The van der Waals surface area contributed by atoms with Gasteiger partial charge >= 0.3 is 0 Å². The van der Waals surface area contributed by atoms with Gasteiger partial charge in [-0.25, -0.2) is 4.39 Å². The Kier molecular flexibility index (Phi) is 6.66. The Morgan fingerprint density at radius 2 is 2.11 bits per heavy atom. The molecule has 0 radical (unpaired) electrons. The molecule has 0 saturated heterocycles. The van der Waals surface area contributed by atoms with Crippen LogP contribution in [0.2, 0.25) is 0 Å². The third kappa shape index (κ3) is 5.36. The summed E-state index contributed by atoms with van der Waals surface area (Å²) in [4.78, 5) is 2.06. The van der Waals surface area contributed by atoms with E-state index < -0.39 is 0 Å². The number of nitrogens with one attached hydrogen (secondary N) is 1. The number of benzene rings is 1. The maximum atomic E-state index is 13.3. The van der Waals surface area contributed by atoms with Crippen LogP contribution >= 0.6 is 22.6 Å². The maximum Gasteiger partial charge on any atom is 0.138 e. The van der Waals surface area contributed by atoms with Gasteiger partial charge in [-0.05, 0) is 42.8 Å². The van der Waals surface area contributed by atoms with Gasteiger partial charge in [0.25, 0.3) is 0 Å². The summed E-state index contributed by atoms with van der Waals surface area (Å²) in [6.45, 7) is 2.75. The molecular weight excluding hydrogens is 348 g/mol. The first kappa shape index (κ1) is 15.5. The van der Waals surface area contributed by atoms with Crippen LogP contribution < -0.4 is 11.1 Å². The molecule has 0 aliphatic carbocycles. The van der Waals surface area contributed by atoms with Crippen LogP contribution in [0.1, 0.15) is 0 Å². The van der Waals surface area contributed by atoms with E-state index in [1.165, 1.54) is 6.07 Å². The van der Waals surface area contributed by atoms with E-state index >= 15 is 0 Å². The highest BCUT2D eigenvalue weighted by Crippen LogP contribution is 2.23. The molecule has 0 atom stereocenters. The zero-order valence-electron chi connectivity index (χ0n) is 10.7. The lowest BCUT2D eigenvalue weighted by Gasteiger charge is -2.12. The summed E-state index contributed by atoms with van der Waals surface area (Å²) < 4.78 is 19.3. The van der Waals surface area contributed by atoms with Gasteiger partial charge in [0.1, 0.15) is 5.82 Å². The zero-order valence-corrected chi connectivity index (χ0v) is 12.8. The highest BCUT2D eigenvalue weighted by molar-refractivity contribution is 14.1. The summed E-state index contributed by atoms with van der Waals surface area (Å²) >= 11 is 1.92. The van der Waals surface area contributed by atoms with Crippen molar-refractivity contribution in [2.24, 2.45) is 0 Å². The summed E-state index contributed by atoms with van der Waals surface area (Å²) in [6, 6.07) is 3.03. The Bertz CT molecular complexity index is 388. The van der Waals surface area contributed by atoms with Gasteiger partial charge in [-0.15, -0.1) is 0 Å². The summed E-state index contributed by atoms with van der Waals surface area (Å²) in [7, 11) is 3.99. The molecule has 1 aromatic carbocycles. The summed E-state index contributed by atoms with van der Waals surface area (Å²) in [5.41, 5.74) is 6.95. The summed E-state index contributed by atoms with van der Waals surface area (Å²) in [6.07, 6.45) is 0. The van der Waals surface area contributed by atoms with Gasteiger partial charge in [0.2, 0.25) is 0 Å². The van der Waals surface area contributed by atoms with Crippen LogP contribution in [0.3, 0.4) is 0 Å². The molecule has 18 heavy (non-hydrogen) atoms. The molecule has 0 saturated carbocycles. The van der Waals surface area contributed by atoms with Crippen molar-refractivity contribution in [1.82, 2.24) is 4.90 Å². The summed E-state index contributed by atoms with van der Waals surface area (Å²) in [5, 5.41) is 3.06. The van der Waals surface area contributed by atoms with Gasteiger partial charge in [0.05, 0.1) is 28.2 Å². The van der Waals surface area contributed by atoms with E-state index in [1.54, 1.807) is 6.07 Å². The van der Waals surface area contributed by atoms with Crippen molar-refractivity contribution in [2.75, 3.05) is 51.4 Å². The van der Waals surface area contributed by atoms with E-state index in [-0.39, 0.29) is 5.82 Å². The van der Waals surface area contributed by atoms with Gasteiger partial charge in [-0.2, -0.15) is 0 Å². The van der Waals surface area contributed by atoms with Crippen LogP contribution in [0.25, 0.3) is 0 Å². The quantitative estimate of drug-likeness (QED) is 0.440. The smallest absolute Gasteiger partial charge is 0.138 e. The highest BCUT2D eigenvalue weighted by Gasteiger charge is 2.05. The number of likely N-dealkylation sites (N-methyl/N-ethyl adjacent to an activating group) is 1. The molecule has 4 nitrogen and oxygen atoms in total. The van der Waals surface area contributed by atoms with Crippen molar-refractivity contribution >= 4 is 34.0 Å². The van der Waals surface area contributed by atoms with Crippen LogP contribution in [0, 0.1) is 9.39 Å². The molecule has 1 aromatic rings. The van der Waals surface area contributed by atoms with Gasteiger partial charge in [0, 0.05) is 19.2 Å². The Morgan fingerprint density at radius 3 is 2.78 bits per heavy atom. The SMILES string of the molecule is CN(C)CCOCCNc1cc(F)c(I)cc1N. The molecule has 0 heterocycles. The fourth-order valence-corrected chi connectivity index (χ4v) is 1.81. The molecule has 0 aliphatic heterocycles. The third-order valence-electron chi connectivity index (χ3n) is 2.34. The first-order chi connectivity index (χ1) is 8.50. The predicted molar refractivity (Wildman–Crippen MR) is 81.4 cm³/mol. The van der Waals surface area contributed by atoms with Crippen LogP contribution in [0.15, 0.2) is 12.1 Å². The molecule has 0 amide bonds. The van der Waals surface area contributed by atoms with E-state index in [0.29, 0.717) is 34.7 Å². The van der Waals surface area contributed by atoms with Crippen LogP contribution in [0.5, 0.6) is 0 Å². The van der Waals surface area contributed by atoms with Crippen molar-refractivity contribution in [2.45, 2.75) is 0 Å². The number of ether oxygens (including phenoxy) is 1. The molecule has 1 rings (SSSR count). The molecule has 0 aromatic heterocycles. The molecule has 0 unspecified atom stereocenters. The number of hydrogen-bond donors (Lipinski definition) is 2. The van der Waals surface area contributed by atoms with Crippen molar-refractivity contribution in [1.29, 1.82) is 0 Å². The Hall–Kier alpha value is -0.600. The largest absolute Gasteiger partial charge is 0.397 e. The summed E-state index contributed by atoms with van der Waals surface area (Å²) in [5.74, 6) is -0.263. The van der Waals surface area contributed by atoms with Gasteiger partial charge < -0.3 is 20.7 Å². The van der Waals surface area contributed by atoms with E-state index in [2.05, 4.69) is 10.2 Å². The van der Waals surface area contributed by atoms with Crippen molar-refractivity contribution < 1.29 is 9.13 Å². The second-order valence-corrected chi connectivity index (χ2v) is 5.36. The number of nitrogens with zero attached hydrogens (tertiary/aromatic N) is 1. The number of halogens is 2. The molecule has 102 valence electrons. The highest BCUT2D eigenvalue weighted by atomic mass is 127. The molecule has 0 bridgehead atoms. The molecule has 0 fully saturated rings. The minimum Gasteiger partial charge on any atom is -0.397 e. The van der Waals surface area contributed by atoms with Crippen molar-refractivity contribution in [3.63, 3.8) is 0 Å². The fraction of sp³-hybridized carbons (Fsp3) is 0.500. The standard InChI is InChI=1S/C12H19FIN3O/c1-17(2)4-6-18-5-3-16-12-7-9(13)10(14)8-11(12)15/h7-8,16H,3-6,15H2,1-2H3. The number of rotatable bonds is 7. The third-order valence-corrected chi connectivity index (χ3v) is 3.16. The van der Waals surface area contributed by atoms with E-state index in [1.807, 2.05) is 36.7 Å². The Balaban J connectivity index is 2.29. The first-order valence-electron chi connectivity index (χ1n) is 5.71. The lowest BCUT2D eigenvalue weighted by Crippen LogP contribution is -2.20. The lowest BCUT2D eigenvalue weighted by molar-refractivity contribution is 0.126. The fourth-order valence-electron chi connectivity index (χ4n) is 1.32. The molecule has 0 aliphatic rings. The average molecular weight is 367 g/mol. The second-order valence-electron chi connectivity index (χ2n) is 4.20. The number of anilines is 2. The lowest BCUT2D eigenvalue weighted by atomic mass is 10.2. The zero-order chi connectivity index (χ0) is 13.5. The average Bonchev–Trinajstić information content (AvgIpc) is 2.29. The topological polar surface area (TPSA) is 50.5 Å². The first-order valence-corrected chi connectivity index (χ1v) is 6.79. The van der Waals surface area contributed by atoms with E-state index in [4.69, 9.17) is 10.5 Å². The Labute approximate surface area is 121 Å². The van der Waals surface area contributed by atoms with Crippen molar-refractivity contribution in [3.05, 3.63) is 21.5 Å². The second kappa shape index (κ2) is 7.75. The number of nitrogens with two attached hydrogens (primary N) is 1. The van der Waals surface area contributed by atoms with Gasteiger partial charge in [0.15, 0.2) is 0 Å². The normalized spacial score (nSPS) is 10.9. The van der Waals surface area contributed by atoms with Gasteiger partial charge in [-0.3, -0.25) is 0 Å². The number of hydrogen-bond acceptors (Lipinski definition) is 4. The monoisotopic (exact) mass is 367 g/mol. The molecule has 3 N–H and O–H groups in total. The number of nitrogen functional groups attached to an aromatic ring is 1. The maximum absolute atomic E-state index is 13.3. The predicted octanol–water partition coefficient (Wildman–Crippen LogP) is 2.00. The van der Waals surface area contributed by atoms with E-state index in [0.717, 1.165) is 6.54 Å². The minimum atomic E-state index is -0.263. The Morgan fingerprint density at radius 1 is 1.39 bits per heavy atom. The molecule has 6 heteroatoms. The van der Waals surface area contributed by atoms with E-state index in [9.17, 15) is 4.39 Å². The van der Waals surface area contributed by atoms with Crippen LogP contribution in [-0.2, 0) is 4.74 Å². The minimum absolute atomic E-state index is 0.263. The van der Waals surface area contributed by atoms with Crippen LogP contribution in [0.4, 0.5) is 15.8 Å².